The van der Waals surface area contributed by atoms with Crippen LogP contribution in [-0.2, 0) is 9.53 Å². The minimum Gasteiger partial charge on any atom is -0.466 e. The first-order valence-corrected chi connectivity index (χ1v) is 13.5. The van der Waals surface area contributed by atoms with E-state index in [-0.39, 0.29) is 23.1 Å². The van der Waals surface area contributed by atoms with Crippen LogP contribution in [0.15, 0.2) is 48.7 Å². The van der Waals surface area contributed by atoms with Crippen LogP contribution in [0.4, 0.5) is 30.6 Å². The molecule has 0 radical (unpaired) electrons. The number of hydrogen-bond acceptors (Lipinski definition) is 9. The zero-order valence-corrected chi connectivity index (χ0v) is 22.4. The Balaban J connectivity index is 1.45. The second kappa shape index (κ2) is 11.6. The lowest BCUT2D eigenvalue weighted by Crippen LogP contribution is -2.35. The number of carbonyl (C=O) groups excluding carboxylic acids is 1. The van der Waals surface area contributed by atoms with Gasteiger partial charge in [0.25, 0.3) is 0 Å². The highest BCUT2D eigenvalue weighted by molar-refractivity contribution is 5.72. The van der Waals surface area contributed by atoms with Crippen LogP contribution >= 0.6 is 0 Å². The Labute approximate surface area is 235 Å². The Hall–Kier alpha value is -4.40. The molecule has 2 fully saturated rings. The van der Waals surface area contributed by atoms with Crippen LogP contribution in [0.3, 0.4) is 0 Å². The maximum atomic E-state index is 12.7. The number of esters is 1. The van der Waals surface area contributed by atoms with E-state index >= 15 is 0 Å². The molecule has 3 aromatic rings. The average molecular weight is 567 g/mol. The van der Waals surface area contributed by atoms with Crippen LogP contribution in [0.2, 0.25) is 0 Å². The molecule has 1 saturated carbocycles. The number of rotatable bonds is 7. The summed E-state index contributed by atoms with van der Waals surface area (Å²) < 4.78 is 47.6. The monoisotopic (exact) mass is 566 g/mol. The zero-order valence-electron chi connectivity index (χ0n) is 22.4. The fraction of sp³-hybridized carbons (Fsp3) is 0.414. The molecule has 2 atom stereocenters. The molecule has 2 aromatic heterocycles. The Morgan fingerprint density at radius 3 is 2.83 bits per heavy atom. The van der Waals surface area contributed by atoms with E-state index in [0.717, 1.165) is 50.8 Å². The highest BCUT2D eigenvalue weighted by Crippen LogP contribution is 2.47. The first kappa shape index (κ1) is 28.1. The van der Waals surface area contributed by atoms with Crippen molar-refractivity contribution < 1.29 is 27.4 Å². The lowest BCUT2D eigenvalue weighted by Gasteiger charge is -2.37. The molecular formula is C29H29F3N6O3. The molecule has 9 nitrogen and oxygen atoms in total. The van der Waals surface area contributed by atoms with Gasteiger partial charge in [-0.1, -0.05) is 18.6 Å². The van der Waals surface area contributed by atoms with Gasteiger partial charge in [-0.05, 0) is 56.2 Å². The molecule has 1 aliphatic carbocycles. The van der Waals surface area contributed by atoms with Crippen LogP contribution in [-0.4, -0.2) is 47.0 Å². The molecule has 1 spiro atoms. The number of nitrogens with one attached hydrogen (secondary N) is 1. The van der Waals surface area contributed by atoms with Crippen molar-refractivity contribution in [2.45, 2.75) is 45.4 Å². The van der Waals surface area contributed by atoms with Crippen molar-refractivity contribution in [2.75, 3.05) is 29.9 Å². The molecule has 0 amide bonds. The van der Waals surface area contributed by atoms with Crippen molar-refractivity contribution in [1.82, 2.24) is 15.0 Å². The Bertz CT molecular complexity index is 1460. The van der Waals surface area contributed by atoms with Gasteiger partial charge in [-0.15, -0.1) is 13.2 Å². The van der Waals surface area contributed by atoms with Gasteiger partial charge in [0.2, 0.25) is 0 Å². The number of hydrogen-bond donors (Lipinski definition) is 1. The summed E-state index contributed by atoms with van der Waals surface area (Å²) in [6, 6.07) is 13.0. The number of halogens is 3. The van der Waals surface area contributed by atoms with Crippen molar-refractivity contribution in [1.29, 1.82) is 5.26 Å². The van der Waals surface area contributed by atoms with Crippen molar-refractivity contribution in [3.8, 4) is 23.2 Å². The number of aromatic nitrogens is 3. The first-order chi connectivity index (χ1) is 19.6. The topological polar surface area (TPSA) is 113 Å². The van der Waals surface area contributed by atoms with E-state index in [1.807, 2.05) is 6.92 Å². The first-order valence-electron chi connectivity index (χ1n) is 13.5. The standard InChI is InChI=1S/C29H29F3N6O3/c1-2-40-27(39)21-7-4-9-28(16-21)10-12-38(18-28)25-15-24(35-23-14-22(8-11-34-23)41-29(30,31)32)36-26(37-25)20-6-3-5-19(13-20)17-33/h3,5-6,8,11,13-15,21H,2,4,7,9-10,12,16,18H2,1H3,(H,34,35,36,37). The lowest BCUT2D eigenvalue weighted by atomic mass is 9.69. The number of nitriles is 1. The van der Waals surface area contributed by atoms with Crippen molar-refractivity contribution in [2.24, 2.45) is 11.3 Å². The summed E-state index contributed by atoms with van der Waals surface area (Å²) in [5, 5.41) is 12.4. The molecule has 0 bridgehead atoms. The Kier molecular flexibility index (Phi) is 7.97. The van der Waals surface area contributed by atoms with Gasteiger partial charge in [0, 0.05) is 37.0 Å². The molecule has 1 aliphatic heterocycles. The summed E-state index contributed by atoms with van der Waals surface area (Å²) in [7, 11) is 0. The summed E-state index contributed by atoms with van der Waals surface area (Å²) in [5.74, 6) is 0.724. The summed E-state index contributed by atoms with van der Waals surface area (Å²) in [6.07, 6.45) is 0.794. The fourth-order valence-electron chi connectivity index (χ4n) is 5.74. The van der Waals surface area contributed by atoms with Gasteiger partial charge in [-0.2, -0.15) is 5.26 Å². The number of ether oxygens (including phenoxy) is 2. The smallest absolute Gasteiger partial charge is 0.466 e. The van der Waals surface area contributed by atoms with E-state index in [9.17, 15) is 23.2 Å². The van der Waals surface area contributed by atoms with Gasteiger partial charge in [0.05, 0.1) is 24.2 Å². The van der Waals surface area contributed by atoms with Gasteiger partial charge in [0.15, 0.2) is 5.82 Å². The van der Waals surface area contributed by atoms with Gasteiger partial charge in [-0.3, -0.25) is 4.79 Å². The zero-order chi connectivity index (χ0) is 29.0. The van der Waals surface area contributed by atoms with Crippen LogP contribution in [0.25, 0.3) is 11.4 Å². The largest absolute Gasteiger partial charge is 0.573 e. The second-order valence-electron chi connectivity index (χ2n) is 10.4. The number of carbonyl (C=O) groups is 1. The highest BCUT2D eigenvalue weighted by Gasteiger charge is 2.44. The molecule has 41 heavy (non-hydrogen) atoms. The molecule has 3 heterocycles. The normalized spacial score (nSPS) is 20.5. The quantitative estimate of drug-likeness (QED) is 0.344. The average Bonchev–Trinajstić information content (AvgIpc) is 3.35. The number of anilines is 3. The Morgan fingerprint density at radius 2 is 2.05 bits per heavy atom. The SMILES string of the molecule is CCOC(=O)C1CCCC2(CCN(c3cc(Nc4cc(OC(F)(F)F)ccn4)nc(-c4cccc(C#N)c4)n3)C2)C1. The third kappa shape index (κ3) is 6.85. The van der Waals surface area contributed by atoms with E-state index in [2.05, 4.69) is 31.0 Å². The fourth-order valence-corrected chi connectivity index (χ4v) is 5.74. The third-order valence-corrected chi connectivity index (χ3v) is 7.50. The molecule has 12 heteroatoms. The molecule has 2 aliphatic rings. The van der Waals surface area contributed by atoms with Gasteiger partial charge in [0.1, 0.15) is 23.2 Å². The predicted octanol–water partition coefficient (Wildman–Crippen LogP) is 6.00. The Morgan fingerprint density at radius 1 is 1.20 bits per heavy atom. The van der Waals surface area contributed by atoms with E-state index in [0.29, 0.717) is 41.7 Å². The van der Waals surface area contributed by atoms with E-state index in [4.69, 9.17) is 9.72 Å². The predicted molar refractivity (Wildman–Crippen MR) is 144 cm³/mol. The van der Waals surface area contributed by atoms with E-state index in [1.54, 1.807) is 30.3 Å². The van der Waals surface area contributed by atoms with Crippen molar-refractivity contribution in [3.63, 3.8) is 0 Å². The molecule has 1 saturated heterocycles. The highest BCUT2D eigenvalue weighted by atomic mass is 19.4. The third-order valence-electron chi connectivity index (χ3n) is 7.50. The van der Waals surface area contributed by atoms with Crippen molar-refractivity contribution in [3.05, 3.63) is 54.2 Å². The maximum Gasteiger partial charge on any atom is 0.573 e. The van der Waals surface area contributed by atoms with Crippen LogP contribution < -0.4 is 15.0 Å². The van der Waals surface area contributed by atoms with E-state index < -0.39 is 12.1 Å². The van der Waals surface area contributed by atoms with Crippen LogP contribution in [0.5, 0.6) is 5.75 Å². The summed E-state index contributed by atoms with van der Waals surface area (Å²) in [4.78, 5) is 28.2. The summed E-state index contributed by atoms with van der Waals surface area (Å²) >= 11 is 0. The number of pyridine rings is 1. The van der Waals surface area contributed by atoms with Crippen molar-refractivity contribution >= 4 is 23.4 Å². The molecule has 1 aromatic carbocycles. The summed E-state index contributed by atoms with van der Waals surface area (Å²) in [5.41, 5.74) is 1.02. The number of alkyl halides is 3. The number of benzene rings is 1. The van der Waals surface area contributed by atoms with E-state index in [1.165, 1.54) is 6.20 Å². The van der Waals surface area contributed by atoms with Crippen LogP contribution in [0, 0.1) is 22.7 Å². The molecule has 2 unspecified atom stereocenters. The van der Waals surface area contributed by atoms with Crippen LogP contribution in [0.1, 0.15) is 44.6 Å². The van der Waals surface area contributed by atoms with Gasteiger partial charge < -0.3 is 19.7 Å². The number of nitrogens with zero attached hydrogens (tertiary/aromatic N) is 5. The minimum absolute atomic E-state index is 0.0417. The molecular weight excluding hydrogens is 537 g/mol. The summed E-state index contributed by atoms with van der Waals surface area (Å²) in [6.45, 7) is 3.59. The lowest BCUT2D eigenvalue weighted by molar-refractivity contribution is -0.274. The van der Waals surface area contributed by atoms with Gasteiger partial charge >= 0.3 is 12.3 Å². The molecule has 1 N–H and O–H groups in total. The second-order valence-corrected chi connectivity index (χ2v) is 10.4. The van der Waals surface area contributed by atoms with Gasteiger partial charge in [-0.25, -0.2) is 15.0 Å². The minimum atomic E-state index is -4.84. The maximum absolute atomic E-state index is 12.7. The molecule has 214 valence electrons. The molecule has 5 rings (SSSR count).